The Morgan fingerprint density at radius 3 is 2.56 bits per heavy atom. The maximum Gasteiger partial charge on any atom is 0.0473 e. The highest BCUT2D eigenvalue weighted by molar-refractivity contribution is 5.25. The fourth-order valence-electron chi connectivity index (χ4n) is 2.37. The molecule has 3 N–H and O–H groups in total. The standard InChI is InChI=1S/C15H26N2O/c1-12(2)17(8-5-9-18)15(11-16)14-7-4-6-13(3)10-14/h4,6-7,10,12,15,18H,5,8-9,11,16H2,1-3H3. The molecule has 0 aliphatic carbocycles. The highest BCUT2D eigenvalue weighted by Gasteiger charge is 2.21. The highest BCUT2D eigenvalue weighted by Crippen LogP contribution is 2.23. The second kappa shape index (κ2) is 7.52. The lowest BCUT2D eigenvalue weighted by Gasteiger charge is -2.34. The quantitative estimate of drug-likeness (QED) is 0.779. The van der Waals surface area contributed by atoms with Gasteiger partial charge in [0, 0.05) is 31.8 Å². The molecular formula is C15H26N2O. The van der Waals surface area contributed by atoms with Crippen molar-refractivity contribution in [3.63, 3.8) is 0 Å². The second-order valence-corrected chi connectivity index (χ2v) is 5.07. The minimum Gasteiger partial charge on any atom is -0.396 e. The van der Waals surface area contributed by atoms with Gasteiger partial charge in [-0.3, -0.25) is 4.90 Å². The molecule has 1 unspecified atom stereocenters. The van der Waals surface area contributed by atoms with Gasteiger partial charge in [0.1, 0.15) is 0 Å². The molecule has 0 amide bonds. The van der Waals surface area contributed by atoms with Crippen LogP contribution >= 0.6 is 0 Å². The Kier molecular flexibility index (Phi) is 6.33. The first-order chi connectivity index (χ1) is 8.60. The molecule has 1 aromatic rings. The molecule has 3 heteroatoms. The molecule has 18 heavy (non-hydrogen) atoms. The van der Waals surface area contributed by atoms with Crippen molar-refractivity contribution >= 4 is 0 Å². The predicted octanol–water partition coefficient (Wildman–Crippen LogP) is 2.09. The van der Waals surface area contributed by atoms with E-state index in [9.17, 15) is 0 Å². The van der Waals surface area contributed by atoms with Crippen LogP contribution in [0.2, 0.25) is 0 Å². The second-order valence-electron chi connectivity index (χ2n) is 5.07. The number of nitrogens with zero attached hydrogens (tertiary/aromatic N) is 1. The highest BCUT2D eigenvalue weighted by atomic mass is 16.3. The van der Waals surface area contributed by atoms with Crippen LogP contribution in [0.25, 0.3) is 0 Å². The van der Waals surface area contributed by atoms with Crippen LogP contribution in [0, 0.1) is 6.92 Å². The van der Waals surface area contributed by atoms with Crippen molar-refractivity contribution in [2.75, 3.05) is 19.7 Å². The lowest BCUT2D eigenvalue weighted by atomic mass is 10.0. The van der Waals surface area contributed by atoms with E-state index in [2.05, 4.69) is 49.9 Å². The van der Waals surface area contributed by atoms with Crippen molar-refractivity contribution in [1.29, 1.82) is 0 Å². The molecule has 0 aromatic heterocycles. The maximum atomic E-state index is 9.01. The Bertz CT molecular complexity index is 352. The van der Waals surface area contributed by atoms with Crippen molar-refractivity contribution in [3.8, 4) is 0 Å². The molecule has 0 radical (unpaired) electrons. The Balaban J connectivity index is 2.90. The normalized spacial score (nSPS) is 13.3. The molecule has 0 heterocycles. The van der Waals surface area contributed by atoms with Crippen molar-refractivity contribution in [3.05, 3.63) is 35.4 Å². The summed E-state index contributed by atoms with van der Waals surface area (Å²) in [4.78, 5) is 2.37. The van der Waals surface area contributed by atoms with Crippen LogP contribution in [-0.2, 0) is 0 Å². The Morgan fingerprint density at radius 2 is 2.06 bits per heavy atom. The van der Waals surface area contributed by atoms with Crippen molar-refractivity contribution in [2.24, 2.45) is 5.73 Å². The van der Waals surface area contributed by atoms with Crippen LogP contribution in [0.4, 0.5) is 0 Å². The van der Waals surface area contributed by atoms with E-state index < -0.39 is 0 Å². The fourth-order valence-corrected chi connectivity index (χ4v) is 2.37. The largest absolute Gasteiger partial charge is 0.396 e. The zero-order chi connectivity index (χ0) is 13.5. The number of benzene rings is 1. The Morgan fingerprint density at radius 1 is 1.33 bits per heavy atom. The van der Waals surface area contributed by atoms with Crippen LogP contribution in [-0.4, -0.2) is 35.7 Å². The molecule has 0 bridgehead atoms. The van der Waals surface area contributed by atoms with Gasteiger partial charge in [-0.15, -0.1) is 0 Å². The van der Waals surface area contributed by atoms with Gasteiger partial charge in [0.05, 0.1) is 0 Å². The number of rotatable bonds is 7. The summed E-state index contributed by atoms with van der Waals surface area (Å²) in [6.07, 6.45) is 0.792. The monoisotopic (exact) mass is 250 g/mol. The van der Waals surface area contributed by atoms with E-state index in [4.69, 9.17) is 10.8 Å². The minimum absolute atomic E-state index is 0.230. The summed E-state index contributed by atoms with van der Waals surface area (Å²) in [7, 11) is 0. The van der Waals surface area contributed by atoms with E-state index in [-0.39, 0.29) is 12.6 Å². The van der Waals surface area contributed by atoms with E-state index in [1.165, 1.54) is 11.1 Å². The van der Waals surface area contributed by atoms with Gasteiger partial charge in [-0.1, -0.05) is 29.8 Å². The van der Waals surface area contributed by atoms with Gasteiger partial charge in [-0.2, -0.15) is 0 Å². The molecule has 0 saturated carbocycles. The lowest BCUT2D eigenvalue weighted by molar-refractivity contribution is 0.141. The number of aliphatic hydroxyl groups is 1. The van der Waals surface area contributed by atoms with E-state index in [0.717, 1.165) is 13.0 Å². The van der Waals surface area contributed by atoms with Crippen molar-refractivity contribution in [1.82, 2.24) is 4.90 Å². The Hall–Kier alpha value is -0.900. The molecule has 1 atom stereocenters. The third-order valence-electron chi connectivity index (χ3n) is 3.29. The van der Waals surface area contributed by atoms with Gasteiger partial charge in [0.2, 0.25) is 0 Å². The van der Waals surface area contributed by atoms with Gasteiger partial charge < -0.3 is 10.8 Å². The van der Waals surface area contributed by atoms with Gasteiger partial charge in [0.25, 0.3) is 0 Å². The third kappa shape index (κ3) is 4.09. The van der Waals surface area contributed by atoms with E-state index in [1.54, 1.807) is 0 Å². The average molecular weight is 250 g/mol. The van der Waals surface area contributed by atoms with Gasteiger partial charge in [-0.25, -0.2) is 0 Å². The molecule has 3 nitrogen and oxygen atoms in total. The molecule has 1 aromatic carbocycles. The molecule has 0 fully saturated rings. The van der Waals surface area contributed by atoms with Gasteiger partial charge in [-0.05, 0) is 32.8 Å². The number of aliphatic hydroxyl groups excluding tert-OH is 1. The first-order valence-corrected chi connectivity index (χ1v) is 6.73. The molecular weight excluding hydrogens is 224 g/mol. The van der Waals surface area contributed by atoms with Crippen molar-refractivity contribution < 1.29 is 5.11 Å². The van der Waals surface area contributed by atoms with Gasteiger partial charge in [0.15, 0.2) is 0 Å². The smallest absolute Gasteiger partial charge is 0.0473 e. The summed E-state index contributed by atoms with van der Waals surface area (Å²) >= 11 is 0. The van der Waals surface area contributed by atoms with Crippen LogP contribution in [0.3, 0.4) is 0 Å². The zero-order valence-corrected chi connectivity index (χ0v) is 11.8. The average Bonchev–Trinajstić information content (AvgIpc) is 2.34. The van der Waals surface area contributed by atoms with E-state index in [1.807, 2.05) is 0 Å². The predicted molar refractivity (Wildman–Crippen MR) is 76.5 cm³/mol. The number of nitrogens with two attached hydrogens (primary N) is 1. The summed E-state index contributed by atoms with van der Waals surface area (Å²) in [6, 6.07) is 9.18. The maximum absolute atomic E-state index is 9.01. The molecule has 0 aliphatic rings. The first kappa shape index (κ1) is 15.2. The topological polar surface area (TPSA) is 49.5 Å². The van der Waals surface area contributed by atoms with Crippen LogP contribution in [0.5, 0.6) is 0 Å². The van der Waals surface area contributed by atoms with Crippen LogP contribution in [0.15, 0.2) is 24.3 Å². The summed E-state index contributed by atoms with van der Waals surface area (Å²) in [5.41, 5.74) is 8.49. The van der Waals surface area contributed by atoms with E-state index in [0.29, 0.717) is 12.6 Å². The summed E-state index contributed by atoms with van der Waals surface area (Å²) in [6.45, 7) is 8.17. The van der Waals surface area contributed by atoms with Gasteiger partial charge >= 0.3 is 0 Å². The molecule has 0 spiro atoms. The molecule has 0 aliphatic heterocycles. The minimum atomic E-state index is 0.230. The molecule has 1 rings (SSSR count). The first-order valence-electron chi connectivity index (χ1n) is 6.73. The number of aryl methyl sites for hydroxylation is 1. The third-order valence-corrected chi connectivity index (χ3v) is 3.29. The molecule has 102 valence electrons. The van der Waals surface area contributed by atoms with Crippen molar-refractivity contribution in [2.45, 2.75) is 39.3 Å². The zero-order valence-electron chi connectivity index (χ0n) is 11.8. The fraction of sp³-hybridized carbons (Fsp3) is 0.600. The SMILES string of the molecule is Cc1cccc(C(CN)N(CCCO)C(C)C)c1. The summed E-state index contributed by atoms with van der Waals surface area (Å²) in [5, 5.41) is 9.01. The van der Waals surface area contributed by atoms with E-state index >= 15 is 0 Å². The summed E-state index contributed by atoms with van der Waals surface area (Å²) in [5.74, 6) is 0. The molecule has 0 saturated heterocycles. The lowest BCUT2D eigenvalue weighted by Crippen LogP contribution is -2.39. The summed E-state index contributed by atoms with van der Waals surface area (Å²) < 4.78 is 0. The van der Waals surface area contributed by atoms with Crippen LogP contribution < -0.4 is 5.73 Å². The number of hydrogen-bond donors (Lipinski definition) is 2. The number of hydrogen-bond acceptors (Lipinski definition) is 3. The Labute approximate surface area is 111 Å². The van der Waals surface area contributed by atoms with Crippen LogP contribution in [0.1, 0.15) is 37.4 Å².